The molecule has 3 nitrogen and oxygen atoms in total. The third-order valence-corrected chi connectivity index (χ3v) is 2.80. The molecule has 0 spiro atoms. The Morgan fingerprint density at radius 1 is 1.50 bits per heavy atom. The predicted molar refractivity (Wildman–Crippen MR) is 68.5 cm³/mol. The van der Waals surface area contributed by atoms with Crippen molar-refractivity contribution in [1.29, 1.82) is 0 Å². The Bertz CT molecular complexity index is 349. The van der Waals surface area contributed by atoms with Gasteiger partial charge < -0.3 is 5.32 Å². The molecule has 0 unspecified atom stereocenters. The molecular formula is C12H17BrN2O. The number of Topliss-reactive ketones (excluding diaryl/α,β-unsaturated/α-hetero) is 1. The highest BCUT2D eigenvalue weighted by molar-refractivity contribution is 9.10. The maximum absolute atomic E-state index is 11.6. The van der Waals surface area contributed by atoms with Gasteiger partial charge in [0.05, 0.1) is 11.6 Å². The van der Waals surface area contributed by atoms with Gasteiger partial charge in [0.1, 0.15) is 5.78 Å². The van der Waals surface area contributed by atoms with Crippen LogP contribution >= 0.6 is 15.9 Å². The van der Waals surface area contributed by atoms with Crippen LogP contribution in [0.25, 0.3) is 0 Å². The standard InChI is InChI=1S/C12H17BrN2O/c1-8(2)14-7-11(9(3)16)12-5-4-10(13)6-15-12/h4-6,8,11,14H,7H2,1-3H3/t11-/m0/s1. The fraction of sp³-hybridized carbons (Fsp3) is 0.500. The summed E-state index contributed by atoms with van der Waals surface area (Å²) in [6, 6.07) is 4.17. The molecule has 0 radical (unpaired) electrons. The zero-order chi connectivity index (χ0) is 12.1. The molecule has 4 heteroatoms. The number of ketones is 1. The third-order valence-electron chi connectivity index (χ3n) is 2.33. The molecule has 0 amide bonds. The van der Waals surface area contributed by atoms with Gasteiger partial charge >= 0.3 is 0 Å². The van der Waals surface area contributed by atoms with E-state index in [2.05, 4.69) is 40.1 Å². The normalized spacial score (nSPS) is 12.8. The number of nitrogens with one attached hydrogen (secondary N) is 1. The summed E-state index contributed by atoms with van der Waals surface area (Å²) in [7, 11) is 0. The SMILES string of the molecule is CC(=O)[C@H](CNC(C)C)c1ccc(Br)cn1. The lowest BCUT2D eigenvalue weighted by Gasteiger charge is -2.16. The number of carbonyl (C=O) groups is 1. The van der Waals surface area contributed by atoms with Gasteiger partial charge in [-0.1, -0.05) is 13.8 Å². The van der Waals surface area contributed by atoms with Crippen LogP contribution in [0.5, 0.6) is 0 Å². The Hall–Kier alpha value is -0.740. The van der Waals surface area contributed by atoms with Gasteiger partial charge in [0.2, 0.25) is 0 Å². The first-order chi connectivity index (χ1) is 7.50. The smallest absolute Gasteiger partial charge is 0.140 e. The maximum Gasteiger partial charge on any atom is 0.140 e. The summed E-state index contributed by atoms with van der Waals surface area (Å²) in [6.07, 6.45) is 1.72. The van der Waals surface area contributed by atoms with E-state index in [4.69, 9.17) is 0 Å². The van der Waals surface area contributed by atoms with Gasteiger partial charge in [0.15, 0.2) is 0 Å². The molecule has 0 fully saturated rings. The van der Waals surface area contributed by atoms with Crippen molar-refractivity contribution in [2.45, 2.75) is 32.7 Å². The summed E-state index contributed by atoms with van der Waals surface area (Å²) in [5, 5.41) is 3.27. The number of rotatable bonds is 5. The average molecular weight is 285 g/mol. The summed E-state index contributed by atoms with van der Waals surface area (Å²) >= 11 is 3.33. The van der Waals surface area contributed by atoms with Gasteiger partial charge in [-0.15, -0.1) is 0 Å². The molecular weight excluding hydrogens is 268 g/mol. The number of carbonyl (C=O) groups excluding carboxylic acids is 1. The Labute approximate surface area is 105 Å². The summed E-state index contributed by atoms with van der Waals surface area (Å²) in [5.41, 5.74) is 0.823. The minimum atomic E-state index is -0.157. The highest BCUT2D eigenvalue weighted by Crippen LogP contribution is 2.16. The molecule has 0 aliphatic heterocycles. The van der Waals surface area contributed by atoms with Crippen LogP contribution < -0.4 is 5.32 Å². The van der Waals surface area contributed by atoms with Crippen LogP contribution in [0.15, 0.2) is 22.8 Å². The molecule has 88 valence electrons. The van der Waals surface area contributed by atoms with Gasteiger partial charge in [-0.05, 0) is 35.0 Å². The molecule has 0 saturated heterocycles. The van der Waals surface area contributed by atoms with Crippen molar-refractivity contribution < 1.29 is 4.79 Å². The quantitative estimate of drug-likeness (QED) is 0.904. The number of pyridine rings is 1. The number of hydrogen-bond acceptors (Lipinski definition) is 3. The Balaban J connectivity index is 2.77. The Morgan fingerprint density at radius 2 is 2.19 bits per heavy atom. The van der Waals surface area contributed by atoms with E-state index in [9.17, 15) is 4.79 Å². The van der Waals surface area contributed by atoms with Crippen molar-refractivity contribution in [3.8, 4) is 0 Å². The number of nitrogens with zero attached hydrogens (tertiary/aromatic N) is 1. The van der Waals surface area contributed by atoms with Crippen LogP contribution in [-0.2, 0) is 4.79 Å². The molecule has 16 heavy (non-hydrogen) atoms. The van der Waals surface area contributed by atoms with Crippen LogP contribution in [-0.4, -0.2) is 23.4 Å². The predicted octanol–water partition coefficient (Wildman–Crippen LogP) is 2.51. The maximum atomic E-state index is 11.6. The van der Waals surface area contributed by atoms with E-state index < -0.39 is 0 Å². The van der Waals surface area contributed by atoms with E-state index in [-0.39, 0.29) is 11.7 Å². The topological polar surface area (TPSA) is 42.0 Å². The van der Waals surface area contributed by atoms with Gasteiger partial charge in [-0.3, -0.25) is 9.78 Å². The summed E-state index contributed by atoms with van der Waals surface area (Å²) in [4.78, 5) is 15.8. The fourth-order valence-corrected chi connectivity index (χ4v) is 1.64. The summed E-state index contributed by atoms with van der Waals surface area (Å²) in [6.45, 7) is 6.37. The molecule has 0 saturated carbocycles. The first-order valence-electron chi connectivity index (χ1n) is 5.36. The monoisotopic (exact) mass is 284 g/mol. The van der Waals surface area contributed by atoms with E-state index in [0.29, 0.717) is 12.6 Å². The highest BCUT2D eigenvalue weighted by Gasteiger charge is 2.17. The lowest BCUT2D eigenvalue weighted by Crippen LogP contribution is -2.31. The third kappa shape index (κ3) is 4.02. The zero-order valence-electron chi connectivity index (χ0n) is 9.83. The Morgan fingerprint density at radius 3 is 2.62 bits per heavy atom. The van der Waals surface area contributed by atoms with Gasteiger partial charge in [0, 0.05) is 23.3 Å². The molecule has 1 aromatic rings. The fourth-order valence-electron chi connectivity index (χ4n) is 1.40. The first-order valence-corrected chi connectivity index (χ1v) is 6.15. The van der Waals surface area contributed by atoms with E-state index >= 15 is 0 Å². The van der Waals surface area contributed by atoms with E-state index in [1.165, 1.54) is 0 Å². The van der Waals surface area contributed by atoms with Crippen molar-refractivity contribution in [2.24, 2.45) is 0 Å². The van der Waals surface area contributed by atoms with Gasteiger partial charge in [-0.2, -0.15) is 0 Å². The second kappa shape index (κ2) is 6.11. The van der Waals surface area contributed by atoms with E-state index in [0.717, 1.165) is 10.2 Å². The molecule has 0 aliphatic carbocycles. The molecule has 0 aliphatic rings. The number of halogens is 1. The number of aromatic nitrogens is 1. The second-order valence-corrected chi connectivity index (χ2v) is 5.04. The van der Waals surface area contributed by atoms with Crippen LogP contribution in [0.4, 0.5) is 0 Å². The minimum absolute atomic E-state index is 0.142. The van der Waals surface area contributed by atoms with Crippen LogP contribution in [0.3, 0.4) is 0 Å². The van der Waals surface area contributed by atoms with Gasteiger partial charge in [-0.25, -0.2) is 0 Å². The molecule has 1 heterocycles. The number of hydrogen-bond donors (Lipinski definition) is 1. The van der Waals surface area contributed by atoms with E-state index in [1.54, 1.807) is 13.1 Å². The highest BCUT2D eigenvalue weighted by atomic mass is 79.9. The Kier molecular flexibility index (Phi) is 5.09. The lowest BCUT2D eigenvalue weighted by atomic mass is 10.00. The van der Waals surface area contributed by atoms with Gasteiger partial charge in [0.25, 0.3) is 0 Å². The lowest BCUT2D eigenvalue weighted by molar-refractivity contribution is -0.118. The molecule has 1 rings (SSSR count). The molecule has 1 atom stereocenters. The van der Waals surface area contributed by atoms with Crippen molar-refractivity contribution in [2.75, 3.05) is 6.54 Å². The average Bonchev–Trinajstić information content (AvgIpc) is 2.20. The second-order valence-electron chi connectivity index (χ2n) is 4.13. The van der Waals surface area contributed by atoms with Crippen molar-refractivity contribution in [1.82, 2.24) is 10.3 Å². The van der Waals surface area contributed by atoms with E-state index in [1.807, 2.05) is 12.1 Å². The molecule has 1 aromatic heterocycles. The zero-order valence-corrected chi connectivity index (χ0v) is 11.4. The van der Waals surface area contributed by atoms with Crippen molar-refractivity contribution in [3.05, 3.63) is 28.5 Å². The molecule has 1 N–H and O–H groups in total. The van der Waals surface area contributed by atoms with Crippen molar-refractivity contribution in [3.63, 3.8) is 0 Å². The van der Waals surface area contributed by atoms with Crippen LogP contribution in [0.2, 0.25) is 0 Å². The molecule has 0 aromatic carbocycles. The molecule has 0 bridgehead atoms. The summed E-state index contributed by atoms with van der Waals surface area (Å²) in [5.74, 6) is -0.0153. The van der Waals surface area contributed by atoms with Crippen molar-refractivity contribution >= 4 is 21.7 Å². The van der Waals surface area contributed by atoms with Crippen LogP contribution in [0.1, 0.15) is 32.4 Å². The van der Waals surface area contributed by atoms with Crippen LogP contribution in [0, 0.1) is 0 Å². The largest absolute Gasteiger partial charge is 0.313 e. The summed E-state index contributed by atoms with van der Waals surface area (Å²) < 4.78 is 0.926. The minimum Gasteiger partial charge on any atom is -0.313 e. The first kappa shape index (κ1) is 13.3.